The summed E-state index contributed by atoms with van der Waals surface area (Å²) in [5.74, 6) is -1.15. The molecule has 0 bridgehead atoms. The van der Waals surface area contributed by atoms with Crippen molar-refractivity contribution in [3.63, 3.8) is 0 Å². The van der Waals surface area contributed by atoms with Crippen molar-refractivity contribution in [2.45, 2.75) is 6.36 Å². The van der Waals surface area contributed by atoms with Gasteiger partial charge in [0.05, 0.1) is 5.69 Å². The van der Waals surface area contributed by atoms with Crippen molar-refractivity contribution in [3.05, 3.63) is 22.1 Å². The van der Waals surface area contributed by atoms with Crippen molar-refractivity contribution in [2.75, 3.05) is 5.73 Å². The Labute approximate surface area is 80.9 Å². The van der Waals surface area contributed by atoms with Crippen molar-refractivity contribution >= 4 is 5.69 Å². The van der Waals surface area contributed by atoms with Crippen molar-refractivity contribution in [1.29, 1.82) is 5.26 Å². The number of pyridine rings is 1. The normalized spacial score (nSPS) is 10.8. The van der Waals surface area contributed by atoms with Gasteiger partial charge in [-0.15, -0.1) is 13.2 Å². The third-order valence-electron chi connectivity index (χ3n) is 1.40. The SMILES string of the molecule is N#Cc1[nH]cc(N)c(=O)c1OC(F)(F)F. The monoisotopic (exact) mass is 219 g/mol. The van der Waals surface area contributed by atoms with Gasteiger partial charge in [0.2, 0.25) is 11.2 Å². The summed E-state index contributed by atoms with van der Waals surface area (Å²) in [6.45, 7) is 0. The van der Waals surface area contributed by atoms with Crippen LogP contribution in [0.4, 0.5) is 18.9 Å². The van der Waals surface area contributed by atoms with E-state index in [2.05, 4.69) is 9.72 Å². The lowest BCUT2D eigenvalue weighted by Crippen LogP contribution is -2.24. The molecule has 5 nitrogen and oxygen atoms in total. The van der Waals surface area contributed by atoms with Gasteiger partial charge in [-0.1, -0.05) is 0 Å². The molecule has 0 spiro atoms. The van der Waals surface area contributed by atoms with E-state index in [4.69, 9.17) is 11.0 Å². The second-order valence-electron chi connectivity index (χ2n) is 2.44. The number of hydrogen-bond acceptors (Lipinski definition) is 4. The number of alkyl halides is 3. The Bertz CT molecular complexity index is 472. The summed E-state index contributed by atoms with van der Waals surface area (Å²) in [5.41, 5.74) is 2.79. The first-order chi connectivity index (χ1) is 6.85. The average molecular weight is 219 g/mol. The van der Waals surface area contributed by atoms with Crippen molar-refractivity contribution in [2.24, 2.45) is 0 Å². The van der Waals surface area contributed by atoms with E-state index in [0.717, 1.165) is 6.20 Å². The van der Waals surface area contributed by atoms with Crippen molar-refractivity contribution < 1.29 is 17.9 Å². The molecule has 0 saturated carbocycles. The molecule has 80 valence electrons. The van der Waals surface area contributed by atoms with E-state index >= 15 is 0 Å². The molecule has 1 rings (SSSR count). The number of nitrogens with two attached hydrogens (primary N) is 1. The Morgan fingerprint density at radius 2 is 2.13 bits per heavy atom. The van der Waals surface area contributed by atoms with Crippen LogP contribution in [-0.4, -0.2) is 11.3 Å². The number of nitrogens with one attached hydrogen (secondary N) is 1. The highest BCUT2D eigenvalue weighted by atomic mass is 19.4. The fourth-order valence-corrected chi connectivity index (χ4v) is 0.822. The van der Waals surface area contributed by atoms with E-state index in [1.807, 2.05) is 0 Å². The number of halogens is 3. The maximum Gasteiger partial charge on any atom is 0.573 e. The summed E-state index contributed by atoms with van der Waals surface area (Å²) in [6.07, 6.45) is -4.13. The lowest BCUT2D eigenvalue weighted by atomic mass is 10.3. The number of nitriles is 1. The van der Waals surface area contributed by atoms with Gasteiger partial charge in [0.15, 0.2) is 5.69 Å². The van der Waals surface area contributed by atoms with Crippen LogP contribution >= 0.6 is 0 Å². The predicted molar refractivity (Wildman–Crippen MR) is 42.9 cm³/mol. The minimum Gasteiger partial charge on any atom is -0.398 e. The molecular formula is C7H4F3N3O2. The number of aromatic nitrogens is 1. The second kappa shape index (κ2) is 3.53. The lowest BCUT2D eigenvalue weighted by molar-refractivity contribution is -0.275. The van der Waals surface area contributed by atoms with Crippen LogP contribution in [0.25, 0.3) is 0 Å². The van der Waals surface area contributed by atoms with E-state index in [1.165, 1.54) is 6.07 Å². The third kappa shape index (κ3) is 2.40. The highest BCUT2D eigenvalue weighted by Gasteiger charge is 2.34. The van der Waals surface area contributed by atoms with Crippen LogP contribution in [0.1, 0.15) is 5.69 Å². The van der Waals surface area contributed by atoms with Crippen LogP contribution in [0.3, 0.4) is 0 Å². The van der Waals surface area contributed by atoms with E-state index in [9.17, 15) is 18.0 Å². The van der Waals surface area contributed by atoms with Crippen LogP contribution in [0, 0.1) is 11.3 Å². The zero-order valence-electron chi connectivity index (χ0n) is 7.05. The molecule has 0 fully saturated rings. The molecule has 0 aliphatic rings. The molecule has 0 aliphatic heterocycles. The number of H-pyrrole nitrogens is 1. The van der Waals surface area contributed by atoms with Gasteiger partial charge in [0.1, 0.15) is 6.07 Å². The molecule has 1 heterocycles. The Hall–Kier alpha value is -2.17. The quantitative estimate of drug-likeness (QED) is 0.728. The van der Waals surface area contributed by atoms with Gasteiger partial charge >= 0.3 is 6.36 Å². The Morgan fingerprint density at radius 3 is 2.60 bits per heavy atom. The first-order valence-corrected chi connectivity index (χ1v) is 3.52. The largest absolute Gasteiger partial charge is 0.573 e. The summed E-state index contributed by atoms with van der Waals surface area (Å²) < 4.78 is 38.9. The zero-order chi connectivity index (χ0) is 11.6. The van der Waals surface area contributed by atoms with Crippen molar-refractivity contribution in [1.82, 2.24) is 4.98 Å². The molecule has 0 saturated heterocycles. The van der Waals surface area contributed by atoms with E-state index < -0.39 is 28.9 Å². The summed E-state index contributed by atoms with van der Waals surface area (Å²) in [4.78, 5) is 13.2. The van der Waals surface area contributed by atoms with Gasteiger partial charge in [-0.25, -0.2) is 0 Å². The van der Waals surface area contributed by atoms with Crippen LogP contribution in [0.5, 0.6) is 5.75 Å². The first-order valence-electron chi connectivity index (χ1n) is 3.52. The van der Waals surface area contributed by atoms with E-state index in [1.54, 1.807) is 0 Å². The Kier molecular flexibility index (Phi) is 2.57. The van der Waals surface area contributed by atoms with Crippen LogP contribution in [0.15, 0.2) is 11.0 Å². The first kappa shape index (κ1) is 10.9. The molecule has 15 heavy (non-hydrogen) atoms. The van der Waals surface area contributed by atoms with E-state index in [-0.39, 0.29) is 0 Å². The molecule has 0 radical (unpaired) electrons. The minimum atomic E-state index is -5.05. The fraction of sp³-hybridized carbons (Fsp3) is 0.143. The van der Waals surface area contributed by atoms with Crippen LogP contribution in [-0.2, 0) is 0 Å². The van der Waals surface area contributed by atoms with Gasteiger partial charge in [0.25, 0.3) is 0 Å². The molecule has 0 unspecified atom stereocenters. The molecule has 0 aromatic carbocycles. The molecule has 8 heteroatoms. The van der Waals surface area contributed by atoms with Gasteiger partial charge in [0, 0.05) is 6.20 Å². The number of rotatable bonds is 1. The second-order valence-corrected chi connectivity index (χ2v) is 2.44. The van der Waals surface area contributed by atoms with Crippen LogP contribution < -0.4 is 15.9 Å². The Morgan fingerprint density at radius 1 is 1.53 bits per heavy atom. The summed E-state index contributed by atoms with van der Waals surface area (Å²) in [7, 11) is 0. The van der Waals surface area contributed by atoms with Crippen molar-refractivity contribution in [3.8, 4) is 11.8 Å². The predicted octanol–water partition coefficient (Wildman–Crippen LogP) is 0.727. The number of aromatic amines is 1. The molecule has 3 N–H and O–H groups in total. The Balaban J connectivity index is 3.33. The summed E-state index contributed by atoms with van der Waals surface area (Å²) in [5, 5.41) is 8.42. The lowest BCUT2D eigenvalue weighted by Gasteiger charge is -2.09. The summed E-state index contributed by atoms with van der Waals surface area (Å²) in [6, 6.07) is 1.35. The third-order valence-corrected chi connectivity index (χ3v) is 1.40. The highest BCUT2D eigenvalue weighted by Crippen LogP contribution is 2.22. The topological polar surface area (TPSA) is 91.9 Å². The van der Waals surface area contributed by atoms with Gasteiger partial charge in [-0.3, -0.25) is 4.79 Å². The number of ether oxygens (including phenoxy) is 1. The van der Waals surface area contributed by atoms with Crippen LogP contribution in [0.2, 0.25) is 0 Å². The average Bonchev–Trinajstić information content (AvgIpc) is 2.11. The van der Waals surface area contributed by atoms with E-state index in [0.29, 0.717) is 0 Å². The highest BCUT2D eigenvalue weighted by molar-refractivity contribution is 5.47. The maximum atomic E-state index is 11.8. The number of anilines is 1. The number of nitrogen functional groups attached to an aromatic ring is 1. The fourth-order valence-electron chi connectivity index (χ4n) is 0.822. The standard InChI is InChI=1S/C7H4F3N3O2/c8-7(9,10)15-6-4(1-11)13-2-3(12)5(6)14/h2H,12H2,(H,13,14). The number of nitrogens with zero attached hydrogens (tertiary/aromatic N) is 1. The number of hydrogen-bond donors (Lipinski definition) is 2. The molecule has 1 aromatic rings. The molecule has 1 aromatic heterocycles. The zero-order valence-corrected chi connectivity index (χ0v) is 7.05. The minimum absolute atomic E-state index is 0.465. The summed E-state index contributed by atoms with van der Waals surface area (Å²) >= 11 is 0. The smallest absolute Gasteiger partial charge is 0.398 e. The van der Waals surface area contributed by atoms with Gasteiger partial charge < -0.3 is 15.5 Å². The molecule has 0 amide bonds. The molecule has 0 aliphatic carbocycles. The van der Waals surface area contributed by atoms with Gasteiger partial charge in [-0.05, 0) is 0 Å². The molecular weight excluding hydrogens is 215 g/mol. The maximum absolute atomic E-state index is 11.8. The molecule has 0 atom stereocenters. The van der Waals surface area contributed by atoms with Gasteiger partial charge in [-0.2, -0.15) is 5.26 Å².